The highest BCUT2D eigenvalue weighted by molar-refractivity contribution is 7.26. The van der Waals surface area contributed by atoms with Crippen molar-refractivity contribution in [2.24, 2.45) is 0 Å². The first-order valence-corrected chi connectivity index (χ1v) is 20.0. The lowest BCUT2D eigenvalue weighted by Gasteiger charge is -2.26. The molecule has 0 atom stereocenters. The molecule has 0 saturated carbocycles. The van der Waals surface area contributed by atoms with E-state index in [0.717, 1.165) is 17.1 Å². The number of aromatic nitrogens is 1. The van der Waals surface area contributed by atoms with Crippen molar-refractivity contribution < 1.29 is 0 Å². The zero-order chi connectivity index (χ0) is 35.3. The first-order valence-electron chi connectivity index (χ1n) is 18.3. The number of thiophene rings is 2. The molecule has 9 aromatic carbocycles. The van der Waals surface area contributed by atoms with Crippen LogP contribution in [0.25, 0.3) is 89.7 Å². The molecule has 3 aromatic heterocycles. The van der Waals surface area contributed by atoms with E-state index < -0.39 is 0 Å². The predicted molar refractivity (Wildman–Crippen MR) is 235 cm³/mol. The van der Waals surface area contributed by atoms with Crippen LogP contribution in [0, 0.1) is 0 Å². The van der Waals surface area contributed by atoms with Crippen LogP contribution in [0.3, 0.4) is 0 Å². The third-order valence-corrected chi connectivity index (χ3v) is 13.4. The van der Waals surface area contributed by atoms with Crippen molar-refractivity contribution in [2.75, 3.05) is 4.90 Å². The normalized spacial score (nSPS) is 12.1. The van der Waals surface area contributed by atoms with Gasteiger partial charge < -0.3 is 9.47 Å². The zero-order valence-electron chi connectivity index (χ0n) is 29.0. The van der Waals surface area contributed by atoms with Gasteiger partial charge in [0.1, 0.15) is 0 Å². The second-order valence-electron chi connectivity index (χ2n) is 14.1. The lowest BCUT2D eigenvalue weighted by Crippen LogP contribution is -2.09. The molecule has 0 aliphatic carbocycles. The van der Waals surface area contributed by atoms with Gasteiger partial charge in [-0.3, -0.25) is 0 Å². The van der Waals surface area contributed by atoms with Gasteiger partial charge in [-0.05, 0) is 94.7 Å². The topological polar surface area (TPSA) is 8.17 Å². The molecule has 0 unspecified atom stereocenters. The molecular weight excluding hydrogens is 693 g/mol. The zero-order valence-corrected chi connectivity index (χ0v) is 30.7. The highest BCUT2D eigenvalue weighted by Crippen LogP contribution is 2.44. The van der Waals surface area contributed by atoms with E-state index in [1.54, 1.807) is 0 Å². The summed E-state index contributed by atoms with van der Waals surface area (Å²) in [4.78, 5) is 2.41. The summed E-state index contributed by atoms with van der Waals surface area (Å²) in [6.07, 6.45) is 0. The Balaban J connectivity index is 0.951. The van der Waals surface area contributed by atoms with Crippen molar-refractivity contribution in [3.63, 3.8) is 0 Å². The molecule has 0 bridgehead atoms. The molecule has 0 spiro atoms. The van der Waals surface area contributed by atoms with Gasteiger partial charge in [-0.15, -0.1) is 22.7 Å². The SMILES string of the molecule is c1ccc2c(c1)sc1cc(N(c3ccc(-c4ccc(-n5c6cccc7ccc8cccc5c8c76)cc4)cc3)c3ccc4c(c3)sc3ccccc34)ccc12. The van der Waals surface area contributed by atoms with Crippen molar-refractivity contribution >= 4 is 113 Å². The van der Waals surface area contributed by atoms with Crippen LogP contribution >= 0.6 is 22.7 Å². The van der Waals surface area contributed by atoms with Crippen LogP contribution in [0.4, 0.5) is 17.1 Å². The van der Waals surface area contributed by atoms with Gasteiger partial charge in [-0.1, -0.05) is 109 Å². The van der Waals surface area contributed by atoms with E-state index in [0.29, 0.717) is 0 Å². The molecule has 0 amide bonds. The quantitative estimate of drug-likeness (QED) is 0.161. The van der Waals surface area contributed by atoms with E-state index in [1.165, 1.54) is 89.7 Å². The third-order valence-electron chi connectivity index (χ3n) is 11.1. The number of nitrogens with zero attached hydrogens (tertiary/aromatic N) is 2. The summed E-state index contributed by atoms with van der Waals surface area (Å²) in [5, 5.41) is 10.5. The molecular formula is C50H30N2S2. The van der Waals surface area contributed by atoms with E-state index in [-0.39, 0.29) is 0 Å². The predicted octanol–water partition coefficient (Wildman–Crippen LogP) is 15.2. The third kappa shape index (κ3) is 4.45. The van der Waals surface area contributed by atoms with E-state index >= 15 is 0 Å². The number of fused-ring (bicyclic) bond motifs is 6. The van der Waals surface area contributed by atoms with Crippen LogP contribution in [0.2, 0.25) is 0 Å². The minimum Gasteiger partial charge on any atom is -0.310 e. The fourth-order valence-corrected chi connectivity index (χ4v) is 10.9. The fourth-order valence-electron chi connectivity index (χ4n) is 8.66. The van der Waals surface area contributed by atoms with Gasteiger partial charge in [0.05, 0.1) is 11.0 Å². The number of rotatable bonds is 5. The van der Waals surface area contributed by atoms with E-state index in [1.807, 2.05) is 22.7 Å². The van der Waals surface area contributed by atoms with Crippen molar-refractivity contribution in [3.8, 4) is 16.8 Å². The van der Waals surface area contributed by atoms with Crippen molar-refractivity contribution in [1.29, 1.82) is 0 Å². The number of anilines is 3. The molecule has 0 radical (unpaired) electrons. The summed E-state index contributed by atoms with van der Waals surface area (Å²) in [5.74, 6) is 0. The van der Waals surface area contributed by atoms with Crippen LogP contribution in [0.5, 0.6) is 0 Å². The maximum Gasteiger partial charge on any atom is 0.0547 e. The van der Waals surface area contributed by atoms with Gasteiger partial charge >= 0.3 is 0 Å². The Bertz CT molecular complexity index is 3200. The number of hydrogen-bond donors (Lipinski definition) is 0. The molecule has 12 rings (SSSR count). The summed E-state index contributed by atoms with van der Waals surface area (Å²) in [6, 6.07) is 67.2. The van der Waals surface area contributed by atoms with Crippen molar-refractivity contribution in [2.45, 2.75) is 0 Å². The van der Waals surface area contributed by atoms with Gasteiger partial charge in [0.2, 0.25) is 0 Å². The Morgan fingerprint density at radius 1 is 0.352 bits per heavy atom. The molecule has 0 aliphatic rings. The minimum atomic E-state index is 1.13. The molecule has 0 saturated heterocycles. The van der Waals surface area contributed by atoms with E-state index in [4.69, 9.17) is 0 Å². The Labute approximate surface area is 319 Å². The maximum absolute atomic E-state index is 2.41. The summed E-state index contributed by atoms with van der Waals surface area (Å²) in [7, 11) is 0. The van der Waals surface area contributed by atoms with Gasteiger partial charge in [0.15, 0.2) is 0 Å². The van der Waals surface area contributed by atoms with E-state index in [2.05, 4.69) is 191 Å². The van der Waals surface area contributed by atoms with Crippen LogP contribution in [0.15, 0.2) is 182 Å². The second kappa shape index (κ2) is 11.5. The Morgan fingerprint density at radius 3 is 1.35 bits per heavy atom. The molecule has 0 N–H and O–H groups in total. The standard InChI is InChI=1S/C50H30N2S2/c1-3-13-45-39(9-1)41-27-25-37(29-47(41)53-45)51(38-26-28-42-40-10-2-4-14-46(40)54-48(42)30-38)35-21-17-31(18-22-35)32-19-23-36(24-20-32)52-43-11-5-7-33-15-16-34-8-6-12-44(52)50(34)49(33)43/h1-30H. The largest absolute Gasteiger partial charge is 0.310 e. The smallest absolute Gasteiger partial charge is 0.0547 e. The molecule has 3 heterocycles. The molecule has 252 valence electrons. The monoisotopic (exact) mass is 722 g/mol. The van der Waals surface area contributed by atoms with Gasteiger partial charge in [0.25, 0.3) is 0 Å². The van der Waals surface area contributed by atoms with Gasteiger partial charge in [-0.2, -0.15) is 0 Å². The lowest BCUT2D eigenvalue weighted by molar-refractivity contribution is 1.18. The number of hydrogen-bond acceptors (Lipinski definition) is 3. The molecule has 0 fully saturated rings. The van der Waals surface area contributed by atoms with Crippen LogP contribution in [-0.2, 0) is 0 Å². The van der Waals surface area contributed by atoms with Crippen LogP contribution < -0.4 is 4.90 Å². The first kappa shape index (κ1) is 30.0. The fraction of sp³-hybridized carbons (Fsp3) is 0. The van der Waals surface area contributed by atoms with Crippen LogP contribution in [-0.4, -0.2) is 4.57 Å². The second-order valence-corrected chi connectivity index (χ2v) is 16.3. The summed E-state index contributed by atoms with van der Waals surface area (Å²) in [6.45, 7) is 0. The van der Waals surface area contributed by atoms with Crippen molar-refractivity contribution in [1.82, 2.24) is 4.57 Å². The van der Waals surface area contributed by atoms with Gasteiger partial charge in [-0.25, -0.2) is 0 Å². The van der Waals surface area contributed by atoms with Crippen molar-refractivity contribution in [3.05, 3.63) is 182 Å². The maximum atomic E-state index is 2.41. The summed E-state index contributed by atoms with van der Waals surface area (Å²) >= 11 is 3.73. The Hall–Kier alpha value is -6.46. The molecule has 4 heteroatoms. The highest BCUT2D eigenvalue weighted by Gasteiger charge is 2.18. The van der Waals surface area contributed by atoms with E-state index in [9.17, 15) is 0 Å². The van der Waals surface area contributed by atoms with Gasteiger partial charge in [0, 0.05) is 73.9 Å². The Kier molecular flexibility index (Phi) is 6.41. The molecule has 0 aliphatic heterocycles. The van der Waals surface area contributed by atoms with Crippen LogP contribution in [0.1, 0.15) is 0 Å². The Morgan fingerprint density at radius 2 is 0.815 bits per heavy atom. The summed E-state index contributed by atoms with van der Waals surface area (Å²) < 4.78 is 7.65. The number of benzene rings is 9. The average Bonchev–Trinajstić information content (AvgIpc) is 3.90. The minimum absolute atomic E-state index is 1.13. The highest BCUT2D eigenvalue weighted by atomic mass is 32.1. The first-order chi connectivity index (χ1) is 26.7. The molecule has 2 nitrogen and oxygen atoms in total. The average molecular weight is 723 g/mol. The molecule has 12 aromatic rings. The lowest BCUT2D eigenvalue weighted by atomic mass is 10.0. The summed E-state index contributed by atoms with van der Waals surface area (Å²) in [5.41, 5.74) is 9.51. The molecule has 54 heavy (non-hydrogen) atoms.